The number of sulfonamides is 1. The lowest BCUT2D eigenvalue weighted by Crippen LogP contribution is -2.14. The lowest BCUT2D eigenvalue weighted by atomic mass is 10.2. The Morgan fingerprint density at radius 2 is 1.58 bits per heavy atom. The number of primary sulfonamides is 1. The molecular formula is C27H28N8O2S. The molecule has 5 rings (SSSR count). The third-order valence-electron chi connectivity index (χ3n) is 5.95. The second-order valence-electron chi connectivity index (χ2n) is 8.90. The highest BCUT2D eigenvalue weighted by molar-refractivity contribution is 7.88. The summed E-state index contributed by atoms with van der Waals surface area (Å²) in [5.41, 5.74) is 5.58. The first-order chi connectivity index (χ1) is 18.3. The number of nitrogens with one attached hydrogen (secondary N) is 3. The van der Waals surface area contributed by atoms with Gasteiger partial charge in [0.05, 0.1) is 16.8 Å². The maximum atomic E-state index is 11.3. The van der Waals surface area contributed by atoms with Crippen LogP contribution in [0, 0.1) is 0 Å². The number of aromatic nitrogens is 4. The zero-order chi connectivity index (χ0) is 26.5. The van der Waals surface area contributed by atoms with Crippen molar-refractivity contribution < 1.29 is 8.42 Å². The van der Waals surface area contributed by atoms with Crippen molar-refractivity contribution in [2.75, 3.05) is 16.0 Å². The lowest BCUT2D eigenvalue weighted by molar-refractivity contribution is 0.597. The number of imidazole rings is 1. The zero-order valence-electron chi connectivity index (χ0n) is 20.8. The Hall–Kier alpha value is -4.48. The van der Waals surface area contributed by atoms with Crippen molar-refractivity contribution in [1.82, 2.24) is 19.5 Å². The van der Waals surface area contributed by atoms with Crippen LogP contribution < -0.4 is 21.1 Å². The molecule has 10 nitrogen and oxygen atoms in total. The number of nitrogens with zero attached hydrogens (tertiary/aromatic N) is 4. The van der Waals surface area contributed by atoms with Gasteiger partial charge in [-0.1, -0.05) is 48.5 Å². The van der Waals surface area contributed by atoms with Crippen molar-refractivity contribution in [3.63, 3.8) is 0 Å². The minimum absolute atomic E-state index is 0.209. The normalized spacial score (nSPS) is 11.4. The highest BCUT2D eigenvalue weighted by Gasteiger charge is 2.09. The van der Waals surface area contributed by atoms with Crippen LogP contribution in [0.1, 0.15) is 16.7 Å². The van der Waals surface area contributed by atoms with Gasteiger partial charge in [-0.05, 0) is 47.0 Å². The minimum Gasteiger partial charge on any atom is -0.366 e. The minimum atomic E-state index is -3.57. The van der Waals surface area contributed by atoms with Crippen molar-refractivity contribution in [1.29, 1.82) is 0 Å². The molecular weight excluding hydrogens is 500 g/mol. The summed E-state index contributed by atoms with van der Waals surface area (Å²) in [5.74, 6) is 1.69. The summed E-state index contributed by atoms with van der Waals surface area (Å²) in [6.45, 7) is 1.27. The van der Waals surface area contributed by atoms with E-state index in [1.54, 1.807) is 36.5 Å². The summed E-state index contributed by atoms with van der Waals surface area (Å²) in [4.78, 5) is 13.6. The number of rotatable bonds is 10. The highest BCUT2D eigenvalue weighted by atomic mass is 32.2. The average Bonchev–Trinajstić information content (AvgIpc) is 3.22. The average molecular weight is 529 g/mol. The third-order valence-corrected chi connectivity index (χ3v) is 6.68. The van der Waals surface area contributed by atoms with Gasteiger partial charge in [-0.3, -0.25) is 0 Å². The maximum absolute atomic E-state index is 11.3. The Balaban J connectivity index is 1.21. The van der Waals surface area contributed by atoms with Gasteiger partial charge in [0.25, 0.3) is 0 Å². The van der Waals surface area contributed by atoms with E-state index in [9.17, 15) is 8.42 Å². The van der Waals surface area contributed by atoms with Crippen LogP contribution in [-0.4, -0.2) is 27.9 Å². The molecule has 194 valence electrons. The van der Waals surface area contributed by atoms with Gasteiger partial charge >= 0.3 is 0 Å². The van der Waals surface area contributed by atoms with Crippen molar-refractivity contribution in [3.8, 4) is 0 Å². The summed E-state index contributed by atoms with van der Waals surface area (Å²) < 4.78 is 24.6. The van der Waals surface area contributed by atoms with Gasteiger partial charge in [0, 0.05) is 32.0 Å². The van der Waals surface area contributed by atoms with Gasteiger partial charge < -0.3 is 20.5 Å². The summed E-state index contributed by atoms with van der Waals surface area (Å²) in [7, 11) is -1.57. The summed E-state index contributed by atoms with van der Waals surface area (Å²) in [6.07, 6.45) is 1.67. The van der Waals surface area contributed by atoms with E-state index < -0.39 is 10.0 Å². The van der Waals surface area contributed by atoms with Crippen molar-refractivity contribution in [3.05, 3.63) is 102 Å². The Labute approximate surface area is 221 Å². The first-order valence-electron chi connectivity index (χ1n) is 12.0. The molecule has 11 heteroatoms. The summed E-state index contributed by atoms with van der Waals surface area (Å²) in [6, 6.07) is 25.2. The predicted octanol–water partition coefficient (Wildman–Crippen LogP) is 4.12. The van der Waals surface area contributed by atoms with Gasteiger partial charge in [-0.2, -0.15) is 4.98 Å². The standard InChI is InChI=1S/C27H28N8O2S/c1-35-24-12-9-21(15-23(24)33-27(35)31-16-19-5-3-2-4-6-19)17-30-25-13-14-29-26(34-25)32-22-10-7-20(8-11-22)18-38(28,36)37/h2-15H,16-18H2,1H3,(H,31,33)(H2,28,36,37)(H2,29,30,32,34). The molecule has 0 amide bonds. The molecule has 0 fully saturated rings. The smallest absolute Gasteiger partial charge is 0.229 e. The maximum Gasteiger partial charge on any atom is 0.229 e. The zero-order valence-corrected chi connectivity index (χ0v) is 21.6. The predicted molar refractivity (Wildman–Crippen MR) is 150 cm³/mol. The molecule has 0 bridgehead atoms. The number of fused-ring (bicyclic) bond motifs is 1. The fourth-order valence-electron chi connectivity index (χ4n) is 4.05. The second kappa shape index (κ2) is 10.9. The fraction of sp³-hybridized carbons (Fsp3) is 0.148. The Bertz CT molecular complexity index is 1650. The lowest BCUT2D eigenvalue weighted by Gasteiger charge is -2.09. The van der Waals surface area contributed by atoms with E-state index in [1.165, 1.54) is 5.56 Å². The molecule has 5 aromatic rings. The molecule has 2 heterocycles. The van der Waals surface area contributed by atoms with Crippen molar-refractivity contribution in [2.24, 2.45) is 12.2 Å². The highest BCUT2D eigenvalue weighted by Crippen LogP contribution is 2.21. The third kappa shape index (κ3) is 6.44. The van der Waals surface area contributed by atoms with Gasteiger partial charge in [-0.15, -0.1) is 0 Å². The van der Waals surface area contributed by atoms with Crippen LogP contribution in [0.15, 0.2) is 85.1 Å². The molecule has 2 aromatic heterocycles. The first-order valence-corrected chi connectivity index (χ1v) is 13.7. The van der Waals surface area contributed by atoms with Crippen LogP contribution >= 0.6 is 0 Å². The Kier molecular flexibility index (Phi) is 7.20. The number of anilines is 4. The van der Waals surface area contributed by atoms with Gasteiger partial charge in [-0.25, -0.2) is 23.5 Å². The van der Waals surface area contributed by atoms with Crippen molar-refractivity contribution in [2.45, 2.75) is 18.8 Å². The van der Waals surface area contributed by atoms with E-state index in [2.05, 4.69) is 60.8 Å². The monoisotopic (exact) mass is 528 g/mol. The fourth-order valence-corrected chi connectivity index (χ4v) is 4.70. The quantitative estimate of drug-likeness (QED) is 0.212. The van der Waals surface area contributed by atoms with E-state index in [-0.39, 0.29) is 5.75 Å². The molecule has 5 N–H and O–H groups in total. The number of nitrogens with two attached hydrogens (primary N) is 1. The van der Waals surface area contributed by atoms with E-state index in [0.717, 1.165) is 28.2 Å². The summed E-state index contributed by atoms with van der Waals surface area (Å²) >= 11 is 0. The van der Waals surface area contributed by atoms with Crippen LogP contribution in [0.25, 0.3) is 11.0 Å². The molecule has 0 atom stereocenters. The van der Waals surface area contributed by atoms with Crippen LogP contribution in [0.5, 0.6) is 0 Å². The topological polar surface area (TPSA) is 140 Å². The summed E-state index contributed by atoms with van der Waals surface area (Å²) in [5, 5.41) is 15.0. The van der Waals surface area contributed by atoms with Gasteiger partial charge in [0.2, 0.25) is 21.9 Å². The van der Waals surface area contributed by atoms with E-state index >= 15 is 0 Å². The van der Waals surface area contributed by atoms with Crippen molar-refractivity contribution >= 4 is 44.5 Å². The number of benzene rings is 3. The van der Waals surface area contributed by atoms with E-state index in [0.29, 0.717) is 30.4 Å². The second-order valence-corrected chi connectivity index (χ2v) is 10.5. The molecule has 0 unspecified atom stereocenters. The van der Waals surface area contributed by atoms with Crippen LogP contribution in [0.2, 0.25) is 0 Å². The molecule has 38 heavy (non-hydrogen) atoms. The molecule has 0 aliphatic rings. The number of hydrogen-bond donors (Lipinski definition) is 4. The molecule has 0 aliphatic heterocycles. The Morgan fingerprint density at radius 1 is 0.842 bits per heavy atom. The van der Waals surface area contributed by atoms with E-state index in [1.807, 2.05) is 25.2 Å². The van der Waals surface area contributed by atoms with E-state index in [4.69, 9.17) is 10.1 Å². The Morgan fingerprint density at radius 3 is 2.34 bits per heavy atom. The first kappa shape index (κ1) is 25.2. The molecule has 3 aromatic carbocycles. The SMILES string of the molecule is Cn1c(NCc2ccccc2)nc2cc(CNc3ccnc(Nc4ccc(CS(N)(=O)=O)cc4)n3)ccc21. The van der Waals surface area contributed by atoms with Gasteiger partial charge in [0.15, 0.2) is 0 Å². The largest absolute Gasteiger partial charge is 0.366 e. The van der Waals surface area contributed by atoms with Crippen LogP contribution in [0.3, 0.4) is 0 Å². The van der Waals surface area contributed by atoms with Crippen LogP contribution in [0.4, 0.5) is 23.4 Å². The molecule has 0 spiro atoms. The molecule has 0 aliphatic carbocycles. The van der Waals surface area contributed by atoms with Crippen LogP contribution in [-0.2, 0) is 35.9 Å². The molecule has 0 radical (unpaired) electrons. The molecule has 0 saturated heterocycles. The molecule has 0 saturated carbocycles. The van der Waals surface area contributed by atoms with Gasteiger partial charge in [0.1, 0.15) is 5.82 Å². The number of hydrogen-bond acceptors (Lipinski definition) is 8. The number of aryl methyl sites for hydroxylation is 1.